The molecule has 0 aromatic carbocycles. The molecule has 0 unspecified atom stereocenters. The first-order valence-electron chi connectivity index (χ1n) is 8.77. The highest BCUT2D eigenvalue weighted by Gasteiger charge is 2.18. The first-order valence-corrected chi connectivity index (χ1v) is 8.77. The fourth-order valence-electron chi connectivity index (χ4n) is 2.90. The van der Waals surface area contributed by atoms with E-state index in [4.69, 9.17) is 0 Å². The summed E-state index contributed by atoms with van der Waals surface area (Å²) in [4.78, 5) is 20.5. The van der Waals surface area contributed by atoms with Crippen molar-refractivity contribution in [1.29, 1.82) is 0 Å². The quantitative estimate of drug-likeness (QED) is 0.359. The summed E-state index contributed by atoms with van der Waals surface area (Å²) in [5.74, 6) is 2.15. The third kappa shape index (κ3) is 8.02. The van der Waals surface area contributed by atoms with Crippen molar-refractivity contribution in [2.75, 3.05) is 18.9 Å². The second-order valence-corrected chi connectivity index (χ2v) is 6.56. The Balaban J connectivity index is 0.00000312. The van der Waals surface area contributed by atoms with Gasteiger partial charge in [-0.2, -0.15) is 0 Å². The van der Waals surface area contributed by atoms with Crippen LogP contribution < -0.4 is 16.0 Å². The van der Waals surface area contributed by atoms with Gasteiger partial charge in [0.2, 0.25) is 5.91 Å². The lowest BCUT2D eigenvalue weighted by atomic mass is 9.87. The van der Waals surface area contributed by atoms with Gasteiger partial charge in [0.05, 0.1) is 0 Å². The Morgan fingerprint density at radius 2 is 2.00 bits per heavy atom. The average Bonchev–Trinajstić information content (AvgIpc) is 2.56. The largest absolute Gasteiger partial charge is 0.356 e. The van der Waals surface area contributed by atoms with Crippen molar-refractivity contribution in [1.82, 2.24) is 15.6 Å². The summed E-state index contributed by atoms with van der Waals surface area (Å²) in [5, 5.41) is 9.48. The van der Waals surface area contributed by atoms with Crippen molar-refractivity contribution in [2.24, 2.45) is 10.9 Å². The number of aliphatic imine (C=N–C) groups is 1. The van der Waals surface area contributed by atoms with Gasteiger partial charge in [0.25, 0.3) is 0 Å². The molecule has 0 saturated heterocycles. The number of amides is 1. The molecule has 3 N–H and O–H groups in total. The molecule has 25 heavy (non-hydrogen) atoms. The molecule has 0 bridgehead atoms. The fourth-order valence-corrected chi connectivity index (χ4v) is 2.90. The van der Waals surface area contributed by atoms with E-state index in [2.05, 4.69) is 32.9 Å². The van der Waals surface area contributed by atoms with E-state index >= 15 is 0 Å². The summed E-state index contributed by atoms with van der Waals surface area (Å²) in [6.07, 6.45) is 5.27. The minimum absolute atomic E-state index is 0. The maximum atomic E-state index is 12.0. The lowest BCUT2D eigenvalue weighted by molar-refractivity contribution is -0.116. The topological polar surface area (TPSA) is 78.4 Å². The molecule has 2 rings (SSSR count). The number of halogens is 1. The highest BCUT2D eigenvalue weighted by Crippen LogP contribution is 2.23. The molecule has 0 atom stereocenters. The van der Waals surface area contributed by atoms with E-state index in [9.17, 15) is 4.79 Å². The van der Waals surface area contributed by atoms with Gasteiger partial charge in [0, 0.05) is 31.7 Å². The smallest absolute Gasteiger partial charge is 0.227 e. The zero-order valence-electron chi connectivity index (χ0n) is 15.3. The number of hydrogen-bond acceptors (Lipinski definition) is 3. The fraction of sp³-hybridized carbons (Fsp3) is 0.611. The Labute approximate surface area is 167 Å². The van der Waals surface area contributed by atoms with Crippen LogP contribution in [0.1, 0.15) is 44.7 Å². The monoisotopic (exact) mass is 459 g/mol. The first-order chi connectivity index (χ1) is 11.6. The molecule has 1 fully saturated rings. The van der Waals surface area contributed by atoms with Crippen molar-refractivity contribution in [2.45, 2.75) is 52.0 Å². The number of anilines is 1. The van der Waals surface area contributed by atoms with Crippen molar-refractivity contribution in [3.8, 4) is 0 Å². The van der Waals surface area contributed by atoms with Gasteiger partial charge in [0.15, 0.2) is 5.96 Å². The van der Waals surface area contributed by atoms with Crippen molar-refractivity contribution in [3.63, 3.8) is 0 Å². The predicted octanol–water partition coefficient (Wildman–Crippen LogP) is 3.08. The predicted molar refractivity (Wildman–Crippen MR) is 114 cm³/mol. The Kier molecular flexibility index (Phi) is 9.77. The minimum Gasteiger partial charge on any atom is -0.356 e. The number of aromatic nitrogens is 1. The highest BCUT2D eigenvalue weighted by molar-refractivity contribution is 14.0. The van der Waals surface area contributed by atoms with E-state index in [1.54, 1.807) is 13.1 Å². The second kappa shape index (κ2) is 11.3. The zero-order valence-corrected chi connectivity index (χ0v) is 17.7. The molecule has 0 radical (unpaired) electrons. The molecule has 1 aromatic heterocycles. The Morgan fingerprint density at radius 1 is 1.28 bits per heavy atom. The van der Waals surface area contributed by atoms with Gasteiger partial charge in [0.1, 0.15) is 5.82 Å². The SMILES string of the molecule is CN=C(NCCC(=O)Nc1cccc(C)n1)NC1CCC(C)CC1.I. The molecule has 0 spiro atoms. The van der Waals surface area contributed by atoms with Gasteiger partial charge in [-0.3, -0.25) is 9.79 Å². The molecular formula is C18H30IN5O. The summed E-state index contributed by atoms with van der Waals surface area (Å²) in [6.45, 7) is 4.75. The van der Waals surface area contributed by atoms with Crippen LogP contribution in [0.5, 0.6) is 0 Å². The van der Waals surface area contributed by atoms with Gasteiger partial charge in [-0.05, 0) is 50.7 Å². The number of aryl methyl sites for hydroxylation is 1. The molecule has 7 heteroatoms. The summed E-state index contributed by atoms with van der Waals surface area (Å²) < 4.78 is 0. The highest BCUT2D eigenvalue weighted by atomic mass is 127. The normalized spacial score (nSPS) is 20.4. The van der Waals surface area contributed by atoms with Crippen LogP contribution in [0.15, 0.2) is 23.2 Å². The molecule has 6 nitrogen and oxygen atoms in total. The van der Waals surface area contributed by atoms with Gasteiger partial charge in [-0.1, -0.05) is 13.0 Å². The number of nitrogens with zero attached hydrogens (tertiary/aromatic N) is 2. The minimum atomic E-state index is -0.0532. The van der Waals surface area contributed by atoms with Crippen molar-refractivity contribution >= 4 is 41.7 Å². The molecule has 1 aliphatic rings. The van der Waals surface area contributed by atoms with Gasteiger partial charge in [-0.15, -0.1) is 24.0 Å². The van der Waals surface area contributed by atoms with E-state index in [0.717, 1.165) is 17.6 Å². The van der Waals surface area contributed by atoms with Crippen LogP contribution in [0.3, 0.4) is 0 Å². The number of carbonyl (C=O) groups is 1. The summed E-state index contributed by atoms with van der Waals surface area (Å²) in [5.41, 5.74) is 0.886. The standard InChI is InChI=1S/C18H29N5O.HI/c1-13-7-9-15(10-8-13)22-18(19-3)20-12-11-17(24)23-16-6-4-5-14(2)21-16;/h4-6,13,15H,7-12H2,1-3H3,(H2,19,20,22)(H,21,23,24);1H. The summed E-state index contributed by atoms with van der Waals surface area (Å²) >= 11 is 0. The molecule has 1 amide bonds. The van der Waals surface area contributed by atoms with Crippen LogP contribution in [0, 0.1) is 12.8 Å². The number of carbonyl (C=O) groups excluding carboxylic acids is 1. The van der Waals surface area contributed by atoms with Crippen molar-refractivity contribution in [3.05, 3.63) is 23.9 Å². The number of guanidine groups is 1. The van der Waals surface area contributed by atoms with E-state index in [-0.39, 0.29) is 29.9 Å². The molecular weight excluding hydrogens is 429 g/mol. The van der Waals surface area contributed by atoms with Crippen LogP contribution in [0.4, 0.5) is 5.82 Å². The lowest BCUT2D eigenvalue weighted by Crippen LogP contribution is -2.45. The van der Waals surface area contributed by atoms with E-state index < -0.39 is 0 Å². The first kappa shape index (κ1) is 21.7. The van der Waals surface area contributed by atoms with Gasteiger partial charge >= 0.3 is 0 Å². The third-order valence-corrected chi connectivity index (χ3v) is 4.38. The molecule has 140 valence electrons. The maximum absolute atomic E-state index is 12.0. The van der Waals surface area contributed by atoms with Crippen LogP contribution in [0.25, 0.3) is 0 Å². The van der Waals surface area contributed by atoms with Gasteiger partial charge in [-0.25, -0.2) is 4.98 Å². The molecule has 1 aliphatic carbocycles. The Morgan fingerprint density at radius 3 is 2.64 bits per heavy atom. The van der Waals surface area contributed by atoms with Crippen molar-refractivity contribution < 1.29 is 4.79 Å². The second-order valence-electron chi connectivity index (χ2n) is 6.56. The third-order valence-electron chi connectivity index (χ3n) is 4.38. The summed E-state index contributed by atoms with van der Waals surface area (Å²) in [7, 11) is 1.76. The lowest BCUT2D eigenvalue weighted by Gasteiger charge is -2.28. The van der Waals surface area contributed by atoms with E-state index in [1.165, 1.54) is 25.7 Å². The van der Waals surface area contributed by atoms with Crippen LogP contribution in [-0.4, -0.2) is 36.5 Å². The Bertz CT molecular complexity index is 570. The molecule has 1 aromatic rings. The number of rotatable bonds is 5. The van der Waals surface area contributed by atoms with Gasteiger partial charge < -0.3 is 16.0 Å². The van der Waals surface area contributed by atoms with Crippen LogP contribution in [0.2, 0.25) is 0 Å². The number of hydrogen-bond donors (Lipinski definition) is 3. The molecule has 1 saturated carbocycles. The van der Waals surface area contributed by atoms with Crippen LogP contribution in [-0.2, 0) is 4.79 Å². The van der Waals surface area contributed by atoms with E-state index in [1.807, 2.05) is 19.1 Å². The number of nitrogens with one attached hydrogen (secondary N) is 3. The molecule has 0 aliphatic heterocycles. The average molecular weight is 459 g/mol. The van der Waals surface area contributed by atoms with E-state index in [0.29, 0.717) is 24.8 Å². The van der Waals surface area contributed by atoms with Crippen LogP contribution >= 0.6 is 24.0 Å². The Hall–Kier alpha value is -1.38. The zero-order chi connectivity index (χ0) is 17.4. The molecule has 1 heterocycles. The number of pyridine rings is 1. The maximum Gasteiger partial charge on any atom is 0.227 e. The summed E-state index contributed by atoms with van der Waals surface area (Å²) in [6, 6.07) is 6.06.